The van der Waals surface area contributed by atoms with Crippen LogP contribution in [0.25, 0.3) is 34.3 Å². The Labute approximate surface area is 155 Å². The maximum atomic E-state index is 9.24. The first-order chi connectivity index (χ1) is 13.2. The Morgan fingerprint density at radius 2 is 1.37 bits per heavy atom. The van der Waals surface area contributed by atoms with E-state index in [1.807, 2.05) is 42.5 Å². The number of aromatic nitrogens is 5. The smallest absolute Gasteiger partial charge is 0.423 e. The van der Waals surface area contributed by atoms with Gasteiger partial charge in [-0.1, -0.05) is 36.4 Å². The summed E-state index contributed by atoms with van der Waals surface area (Å²) in [6.07, 6.45) is 4.76. The van der Waals surface area contributed by atoms with E-state index in [0.29, 0.717) is 28.6 Å². The van der Waals surface area contributed by atoms with Crippen LogP contribution < -0.4 is 5.46 Å². The van der Waals surface area contributed by atoms with Crippen LogP contribution in [0.3, 0.4) is 0 Å². The standard InChI is InChI=1S/C19H14BN5O2/c26-20(27)15-8-9-16(22-12-15)19-24-17(13-5-2-1-3-6-13)23-18(25-19)14-7-4-10-21-11-14/h1-12,26-27H. The SMILES string of the molecule is OB(O)c1ccc(-c2nc(-c3ccccc3)nc(-c3cccnc3)n2)nc1. The highest BCUT2D eigenvalue weighted by Gasteiger charge is 2.15. The second-order valence-corrected chi connectivity index (χ2v) is 5.76. The maximum absolute atomic E-state index is 9.24. The summed E-state index contributed by atoms with van der Waals surface area (Å²) < 4.78 is 0. The van der Waals surface area contributed by atoms with E-state index in [1.165, 1.54) is 6.20 Å². The van der Waals surface area contributed by atoms with Gasteiger partial charge >= 0.3 is 7.12 Å². The van der Waals surface area contributed by atoms with Gasteiger partial charge in [-0.05, 0) is 18.2 Å². The van der Waals surface area contributed by atoms with Crippen LogP contribution >= 0.6 is 0 Å². The van der Waals surface area contributed by atoms with Crippen molar-refractivity contribution in [1.82, 2.24) is 24.9 Å². The van der Waals surface area contributed by atoms with Gasteiger partial charge in [0.1, 0.15) is 5.69 Å². The lowest BCUT2D eigenvalue weighted by Crippen LogP contribution is -2.29. The van der Waals surface area contributed by atoms with E-state index in [-0.39, 0.29) is 0 Å². The lowest BCUT2D eigenvalue weighted by molar-refractivity contribution is 0.425. The Morgan fingerprint density at radius 3 is 2.00 bits per heavy atom. The molecule has 0 radical (unpaired) electrons. The highest BCUT2D eigenvalue weighted by Crippen LogP contribution is 2.22. The van der Waals surface area contributed by atoms with Crippen LogP contribution in [-0.4, -0.2) is 42.1 Å². The molecule has 3 aromatic heterocycles. The molecule has 0 aliphatic rings. The van der Waals surface area contributed by atoms with E-state index < -0.39 is 7.12 Å². The molecule has 3 heterocycles. The molecule has 4 rings (SSSR count). The van der Waals surface area contributed by atoms with Crippen molar-refractivity contribution in [3.05, 3.63) is 73.2 Å². The van der Waals surface area contributed by atoms with Crippen LogP contribution in [-0.2, 0) is 0 Å². The molecular formula is C19H14BN5O2. The summed E-state index contributed by atoms with van der Waals surface area (Å²) in [6.45, 7) is 0. The average Bonchev–Trinajstić information content (AvgIpc) is 2.75. The molecule has 0 saturated heterocycles. The molecule has 0 bridgehead atoms. The zero-order chi connectivity index (χ0) is 18.6. The average molecular weight is 355 g/mol. The Morgan fingerprint density at radius 1 is 0.667 bits per heavy atom. The number of nitrogens with zero attached hydrogens (tertiary/aromatic N) is 5. The molecular weight excluding hydrogens is 341 g/mol. The van der Waals surface area contributed by atoms with Crippen LogP contribution in [0.5, 0.6) is 0 Å². The van der Waals surface area contributed by atoms with Crippen LogP contribution in [0.2, 0.25) is 0 Å². The molecule has 0 aliphatic heterocycles. The predicted octanol–water partition coefficient (Wildman–Crippen LogP) is 1.34. The first kappa shape index (κ1) is 17.0. The Hall–Kier alpha value is -3.49. The van der Waals surface area contributed by atoms with E-state index in [9.17, 15) is 10.0 Å². The normalized spacial score (nSPS) is 10.6. The van der Waals surface area contributed by atoms with E-state index >= 15 is 0 Å². The molecule has 0 atom stereocenters. The molecule has 0 aliphatic carbocycles. The van der Waals surface area contributed by atoms with Gasteiger partial charge in [0, 0.05) is 35.2 Å². The Balaban J connectivity index is 1.85. The van der Waals surface area contributed by atoms with Crippen LogP contribution in [0.1, 0.15) is 0 Å². The summed E-state index contributed by atoms with van der Waals surface area (Å²) in [5, 5.41) is 18.5. The summed E-state index contributed by atoms with van der Waals surface area (Å²) in [5.41, 5.74) is 2.42. The van der Waals surface area contributed by atoms with Gasteiger partial charge in [0.25, 0.3) is 0 Å². The van der Waals surface area contributed by atoms with E-state index in [1.54, 1.807) is 24.5 Å². The summed E-state index contributed by atoms with van der Waals surface area (Å²) in [6, 6.07) is 16.5. The monoisotopic (exact) mass is 355 g/mol. The summed E-state index contributed by atoms with van der Waals surface area (Å²) >= 11 is 0. The quantitative estimate of drug-likeness (QED) is 0.532. The van der Waals surface area contributed by atoms with Crippen molar-refractivity contribution < 1.29 is 10.0 Å². The largest absolute Gasteiger partial charge is 0.490 e. The fourth-order valence-electron chi connectivity index (χ4n) is 2.52. The minimum atomic E-state index is -1.57. The lowest BCUT2D eigenvalue weighted by Gasteiger charge is -2.08. The summed E-state index contributed by atoms with van der Waals surface area (Å²) in [7, 11) is -1.57. The molecule has 130 valence electrons. The van der Waals surface area contributed by atoms with Crippen molar-refractivity contribution in [3.8, 4) is 34.3 Å². The molecule has 2 N–H and O–H groups in total. The van der Waals surface area contributed by atoms with Gasteiger partial charge in [-0.2, -0.15) is 0 Å². The lowest BCUT2D eigenvalue weighted by atomic mass is 9.82. The number of rotatable bonds is 4. The molecule has 0 saturated carbocycles. The zero-order valence-corrected chi connectivity index (χ0v) is 14.1. The van der Waals surface area contributed by atoms with Crippen molar-refractivity contribution in [3.63, 3.8) is 0 Å². The Bertz CT molecular complexity index is 987. The molecule has 0 unspecified atom stereocenters. The van der Waals surface area contributed by atoms with Crippen LogP contribution in [0.15, 0.2) is 73.2 Å². The first-order valence-corrected chi connectivity index (χ1v) is 8.25. The van der Waals surface area contributed by atoms with Gasteiger partial charge in [0.15, 0.2) is 17.5 Å². The van der Waals surface area contributed by atoms with E-state index in [0.717, 1.165) is 11.1 Å². The molecule has 27 heavy (non-hydrogen) atoms. The number of benzene rings is 1. The molecule has 4 aromatic rings. The predicted molar refractivity (Wildman–Crippen MR) is 102 cm³/mol. The third kappa shape index (κ3) is 3.71. The van der Waals surface area contributed by atoms with Crippen molar-refractivity contribution in [2.24, 2.45) is 0 Å². The molecule has 0 amide bonds. The van der Waals surface area contributed by atoms with Crippen molar-refractivity contribution in [1.29, 1.82) is 0 Å². The van der Waals surface area contributed by atoms with Crippen LogP contribution in [0, 0.1) is 0 Å². The van der Waals surface area contributed by atoms with Crippen molar-refractivity contribution >= 4 is 12.6 Å². The zero-order valence-electron chi connectivity index (χ0n) is 14.1. The third-order valence-electron chi connectivity index (χ3n) is 3.90. The van der Waals surface area contributed by atoms with Crippen LogP contribution in [0.4, 0.5) is 0 Å². The highest BCUT2D eigenvalue weighted by molar-refractivity contribution is 6.58. The number of pyridine rings is 2. The van der Waals surface area contributed by atoms with Crippen molar-refractivity contribution in [2.75, 3.05) is 0 Å². The van der Waals surface area contributed by atoms with E-state index in [4.69, 9.17) is 0 Å². The summed E-state index contributed by atoms with van der Waals surface area (Å²) in [5.74, 6) is 1.40. The molecule has 8 heteroatoms. The number of hydrogen-bond donors (Lipinski definition) is 2. The fraction of sp³-hybridized carbons (Fsp3) is 0. The highest BCUT2D eigenvalue weighted by atomic mass is 16.4. The third-order valence-corrected chi connectivity index (χ3v) is 3.90. The molecule has 0 spiro atoms. The van der Waals surface area contributed by atoms with Gasteiger partial charge < -0.3 is 10.0 Å². The molecule has 0 fully saturated rings. The van der Waals surface area contributed by atoms with Gasteiger partial charge in [0.05, 0.1) is 0 Å². The van der Waals surface area contributed by atoms with Gasteiger partial charge in [0.2, 0.25) is 0 Å². The van der Waals surface area contributed by atoms with Gasteiger partial charge in [-0.25, -0.2) is 15.0 Å². The second-order valence-electron chi connectivity index (χ2n) is 5.76. The minimum absolute atomic E-state index is 0.295. The van der Waals surface area contributed by atoms with Gasteiger partial charge in [-0.15, -0.1) is 0 Å². The second kappa shape index (κ2) is 7.41. The van der Waals surface area contributed by atoms with Crippen molar-refractivity contribution in [2.45, 2.75) is 0 Å². The minimum Gasteiger partial charge on any atom is -0.423 e. The topological polar surface area (TPSA) is 105 Å². The van der Waals surface area contributed by atoms with E-state index in [2.05, 4.69) is 24.9 Å². The Kier molecular flexibility index (Phi) is 4.65. The summed E-state index contributed by atoms with van der Waals surface area (Å²) in [4.78, 5) is 22.0. The number of hydrogen-bond acceptors (Lipinski definition) is 7. The first-order valence-electron chi connectivity index (χ1n) is 8.25. The molecule has 7 nitrogen and oxygen atoms in total. The van der Waals surface area contributed by atoms with Gasteiger partial charge in [-0.3, -0.25) is 9.97 Å². The maximum Gasteiger partial charge on any atom is 0.490 e. The fourth-order valence-corrected chi connectivity index (χ4v) is 2.52. The molecule has 1 aromatic carbocycles.